The highest BCUT2D eigenvalue weighted by molar-refractivity contribution is 5.92. The Hall–Kier alpha value is -7.22. The maximum Gasteiger partial charge on any atom is 0.0468 e. The first-order chi connectivity index (χ1) is 32.0. The molecule has 4 aliphatic carbocycles. The van der Waals surface area contributed by atoms with Gasteiger partial charge in [-0.2, -0.15) is 0 Å². The molecule has 65 heavy (non-hydrogen) atoms. The van der Waals surface area contributed by atoms with E-state index in [-0.39, 0.29) is 10.8 Å². The van der Waals surface area contributed by atoms with Crippen molar-refractivity contribution in [2.24, 2.45) is 11.8 Å². The highest BCUT2D eigenvalue weighted by atomic mass is 15.1. The summed E-state index contributed by atoms with van der Waals surface area (Å²) in [6.45, 7) is 4.77. The molecular weight excluding hydrogens is 783 g/mol. The molecule has 0 heterocycles. The Kier molecular flexibility index (Phi) is 8.63. The van der Waals surface area contributed by atoms with E-state index in [1.807, 2.05) is 0 Å². The molecule has 0 N–H and O–H groups in total. The van der Waals surface area contributed by atoms with Crippen molar-refractivity contribution in [3.63, 3.8) is 0 Å². The van der Waals surface area contributed by atoms with Gasteiger partial charge in [0.05, 0.1) is 0 Å². The van der Waals surface area contributed by atoms with Crippen molar-refractivity contribution in [3.8, 4) is 66.8 Å². The molecule has 1 nitrogen and oxygen atoms in total. The summed E-state index contributed by atoms with van der Waals surface area (Å²) in [6.07, 6.45) is 5.31. The highest BCUT2D eigenvalue weighted by Gasteiger charge is 2.56. The zero-order valence-corrected chi connectivity index (χ0v) is 37.1. The third-order valence-electron chi connectivity index (χ3n) is 16.0. The van der Waals surface area contributed by atoms with Crippen molar-refractivity contribution in [3.05, 3.63) is 235 Å². The normalized spacial score (nSPS) is 19.2. The first-order valence-corrected chi connectivity index (χ1v) is 23.7. The minimum atomic E-state index is -0.0949. The zero-order valence-electron chi connectivity index (χ0n) is 37.1. The Balaban J connectivity index is 0.973. The molecule has 2 bridgehead atoms. The van der Waals surface area contributed by atoms with Gasteiger partial charge in [-0.25, -0.2) is 0 Å². The summed E-state index contributed by atoms with van der Waals surface area (Å²) < 4.78 is 0. The van der Waals surface area contributed by atoms with Crippen LogP contribution in [-0.4, -0.2) is 0 Å². The lowest BCUT2D eigenvalue weighted by molar-refractivity contribution is 0.327. The molecule has 9 aromatic carbocycles. The molecule has 3 atom stereocenters. The van der Waals surface area contributed by atoms with Gasteiger partial charge < -0.3 is 4.90 Å². The van der Waals surface area contributed by atoms with Gasteiger partial charge in [0.25, 0.3) is 0 Å². The van der Waals surface area contributed by atoms with Crippen LogP contribution in [0.15, 0.2) is 212 Å². The van der Waals surface area contributed by atoms with Gasteiger partial charge in [0.2, 0.25) is 0 Å². The maximum atomic E-state index is 2.59. The quantitative estimate of drug-likeness (QED) is 0.155. The van der Waals surface area contributed by atoms with Crippen LogP contribution in [0.5, 0.6) is 0 Å². The molecule has 3 unspecified atom stereocenters. The van der Waals surface area contributed by atoms with Crippen molar-refractivity contribution < 1.29 is 0 Å². The lowest BCUT2D eigenvalue weighted by Gasteiger charge is -2.37. The molecule has 13 rings (SSSR count). The molecule has 2 fully saturated rings. The molecule has 1 heteroatoms. The SMILES string of the molecule is CC1(C)c2ccccc2-c2cccc(-c3ccc(N(c4ccc(-c5ccc(-c6ccccc6)cc5)c(-c5ccccc5)c4)c4ccc5c(c4)C4(CC6CCC4C6)c4ccccc4-5)cc3)c21. The number of nitrogens with zero attached hydrogens (tertiary/aromatic N) is 1. The molecule has 0 radical (unpaired) electrons. The fraction of sp³-hybridized carbons (Fsp3) is 0.156. The number of hydrogen-bond acceptors (Lipinski definition) is 1. The second-order valence-corrected chi connectivity index (χ2v) is 19.6. The van der Waals surface area contributed by atoms with E-state index in [0.717, 1.165) is 17.3 Å². The van der Waals surface area contributed by atoms with Crippen LogP contribution >= 0.6 is 0 Å². The Bertz CT molecular complexity index is 3290. The predicted molar refractivity (Wildman–Crippen MR) is 272 cm³/mol. The molecule has 312 valence electrons. The fourth-order valence-electron chi connectivity index (χ4n) is 13.1. The molecule has 9 aromatic rings. The van der Waals surface area contributed by atoms with E-state index in [1.54, 1.807) is 5.56 Å². The standard InChI is InChI=1S/C64H51N/c1-63(2)59-22-11-9-19-55(59)57-21-13-20-53(62(57)63)47-29-32-49(33-30-47)65(51-35-37-56-54-18-10-12-23-60(54)64(61(56)40-51)41-42-24-31-48(64)38-42)50-34-36-52(58(39-50)45-16-7-4-8-17-45)46-27-25-44(26-28-46)43-14-5-3-6-15-43/h3-23,25-30,32-37,39-40,42,48H,24,31,38,41H2,1-2H3. The Morgan fingerprint density at radius 2 is 0.877 bits per heavy atom. The molecule has 2 saturated carbocycles. The summed E-state index contributed by atoms with van der Waals surface area (Å²) in [6, 6.07) is 79.9. The van der Waals surface area contributed by atoms with Gasteiger partial charge in [0.1, 0.15) is 0 Å². The number of anilines is 3. The monoisotopic (exact) mass is 833 g/mol. The first-order valence-electron chi connectivity index (χ1n) is 23.7. The minimum absolute atomic E-state index is 0.0867. The van der Waals surface area contributed by atoms with Gasteiger partial charge in [-0.1, -0.05) is 196 Å². The molecule has 0 aliphatic heterocycles. The van der Waals surface area contributed by atoms with E-state index >= 15 is 0 Å². The largest absolute Gasteiger partial charge is 0.310 e. The summed E-state index contributed by atoms with van der Waals surface area (Å²) >= 11 is 0. The molecule has 4 aliphatic rings. The van der Waals surface area contributed by atoms with Crippen LogP contribution in [0.2, 0.25) is 0 Å². The van der Waals surface area contributed by atoms with Crippen molar-refractivity contribution in [2.45, 2.75) is 50.4 Å². The van der Waals surface area contributed by atoms with E-state index in [0.29, 0.717) is 5.92 Å². The molecule has 0 saturated heterocycles. The molecular formula is C64H51N. The number of rotatable bonds is 7. The van der Waals surface area contributed by atoms with Gasteiger partial charge in [-0.05, 0) is 157 Å². The fourth-order valence-corrected chi connectivity index (χ4v) is 13.1. The summed E-state index contributed by atoms with van der Waals surface area (Å²) in [7, 11) is 0. The third kappa shape index (κ3) is 5.84. The number of benzene rings is 9. The number of hydrogen-bond donors (Lipinski definition) is 0. The van der Waals surface area contributed by atoms with Crippen molar-refractivity contribution in [1.82, 2.24) is 0 Å². The lowest BCUT2D eigenvalue weighted by atomic mass is 9.67. The van der Waals surface area contributed by atoms with E-state index in [9.17, 15) is 0 Å². The van der Waals surface area contributed by atoms with Gasteiger partial charge >= 0.3 is 0 Å². The summed E-state index contributed by atoms with van der Waals surface area (Å²) in [4.78, 5) is 2.53. The minimum Gasteiger partial charge on any atom is -0.310 e. The average Bonchev–Trinajstić information content (AvgIpc) is 4.12. The van der Waals surface area contributed by atoms with Crippen molar-refractivity contribution in [1.29, 1.82) is 0 Å². The molecule has 0 amide bonds. The zero-order chi connectivity index (χ0) is 43.3. The van der Waals surface area contributed by atoms with E-state index in [2.05, 4.69) is 231 Å². The van der Waals surface area contributed by atoms with Gasteiger partial charge in [-0.15, -0.1) is 0 Å². The van der Waals surface area contributed by atoms with Crippen LogP contribution in [0.4, 0.5) is 17.1 Å². The van der Waals surface area contributed by atoms with E-state index in [4.69, 9.17) is 0 Å². The second kappa shape index (κ2) is 14.7. The predicted octanol–water partition coefficient (Wildman–Crippen LogP) is 17.2. The molecule has 1 spiro atoms. The van der Waals surface area contributed by atoms with Crippen LogP contribution in [0.3, 0.4) is 0 Å². The lowest BCUT2D eigenvalue weighted by Crippen LogP contribution is -2.32. The van der Waals surface area contributed by atoms with Crippen LogP contribution in [0.25, 0.3) is 66.8 Å². The van der Waals surface area contributed by atoms with E-state index < -0.39 is 0 Å². The molecule has 0 aromatic heterocycles. The average molecular weight is 834 g/mol. The van der Waals surface area contributed by atoms with Crippen LogP contribution < -0.4 is 4.90 Å². The summed E-state index contributed by atoms with van der Waals surface area (Å²) in [5.74, 6) is 1.50. The van der Waals surface area contributed by atoms with Crippen LogP contribution in [0.1, 0.15) is 61.8 Å². The Morgan fingerprint density at radius 1 is 0.369 bits per heavy atom. The van der Waals surface area contributed by atoms with Gasteiger partial charge in [0, 0.05) is 27.9 Å². The summed E-state index contributed by atoms with van der Waals surface area (Å²) in [5.41, 5.74) is 24.9. The van der Waals surface area contributed by atoms with Crippen LogP contribution in [0, 0.1) is 11.8 Å². The van der Waals surface area contributed by atoms with Crippen molar-refractivity contribution >= 4 is 17.1 Å². The summed E-state index contributed by atoms with van der Waals surface area (Å²) in [5, 5.41) is 0. The van der Waals surface area contributed by atoms with E-state index in [1.165, 1.54) is 115 Å². The highest BCUT2D eigenvalue weighted by Crippen LogP contribution is 2.66. The Labute approximate surface area is 383 Å². The van der Waals surface area contributed by atoms with Crippen LogP contribution in [-0.2, 0) is 10.8 Å². The number of fused-ring (bicyclic) bond motifs is 11. The smallest absolute Gasteiger partial charge is 0.0468 e. The Morgan fingerprint density at radius 3 is 1.58 bits per heavy atom. The van der Waals surface area contributed by atoms with Gasteiger partial charge in [-0.3, -0.25) is 0 Å². The van der Waals surface area contributed by atoms with Crippen molar-refractivity contribution in [2.75, 3.05) is 4.90 Å². The topological polar surface area (TPSA) is 3.24 Å². The second-order valence-electron chi connectivity index (χ2n) is 19.6. The van der Waals surface area contributed by atoms with Gasteiger partial charge in [0.15, 0.2) is 0 Å². The maximum absolute atomic E-state index is 2.59. The first kappa shape index (κ1) is 38.3. The third-order valence-corrected chi connectivity index (χ3v) is 16.0.